The van der Waals surface area contributed by atoms with E-state index in [4.69, 9.17) is 4.74 Å². The summed E-state index contributed by atoms with van der Waals surface area (Å²) in [6.07, 6.45) is -2.34. The second kappa shape index (κ2) is 10.2. The number of H-pyrrole nitrogens is 1. The Hall–Kier alpha value is -3.80. The molecule has 0 spiro atoms. The van der Waals surface area contributed by atoms with E-state index in [1.807, 2.05) is 4.90 Å². The van der Waals surface area contributed by atoms with E-state index >= 15 is 0 Å². The fourth-order valence-corrected chi connectivity index (χ4v) is 5.74. The van der Waals surface area contributed by atoms with Gasteiger partial charge in [0.15, 0.2) is 5.17 Å². The largest absolute Gasteiger partial charge is 0.497 e. The molecule has 1 aromatic heterocycles. The number of likely N-dealkylation sites (tertiary alicyclic amines) is 1. The first-order valence-electron chi connectivity index (χ1n) is 11.8. The summed E-state index contributed by atoms with van der Waals surface area (Å²) >= 11 is 1.11. The van der Waals surface area contributed by atoms with Crippen LogP contribution in [0.5, 0.6) is 5.75 Å². The van der Waals surface area contributed by atoms with Gasteiger partial charge in [-0.3, -0.25) is 14.7 Å². The van der Waals surface area contributed by atoms with Crippen molar-refractivity contribution < 1.29 is 32.6 Å². The molecule has 0 bridgehead atoms. The fraction of sp³-hybridized carbons (Fsp3) is 0.308. The van der Waals surface area contributed by atoms with Crippen molar-refractivity contribution in [3.05, 3.63) is 64.2 Å². The van der Waals surface area contributed by atoms with E-state index < -0.39 is 29.5 Å². The molecule has 198 valence electrons. The third-order valence-electron chi connectivity index (χ3n) is 6.75. The molecule has 2 N–H and O–H groups in total. The van der Waals surface area contributed by atoms with Crippen LogP contribution in [0, 0.1) is 5.92 Å². The summed E-state index contributed by atoms with van der Waals surface area (Å²) in [7, 11) is 1.30. The number of halogens is 3. The lowest BCUT2D eigenvalue weighted by Crippen LogP contribution is -2.38. The number of hydrogen-bond donors (Lipinski definition) is 2. The van der Waals surface area contributed by atoms with Gasteiger partial charge in [0.05, 0.1) is 35.2 Å². The van der Waals surface area contributed by atoms with Crippen molar-refractivity contribution >= 4 is 45.3 Å². The summed E-state index contributed by atoms with van der Waals surface area (Å²) in [4.78, 5) is 30.8. The van der Waals surface area contributed by atoms with Crippen LogP contribution in [-0.4, -0.2) is 57.4 Å². The molecule has 38 heavy (non-hydrogen) atoms. The zero-order chi connectivity index (χ0) is 27.0. The third-order valence-corrected chi connectivity index (χ3v) is 7.91. The number of methoxy groups -OCH3 is 1. The number of aromatic nitrogens is 2. The first-order chi connectivity index (χ1) is 18.1. The molecule has 0 radical (unpaired) electrons. The maximum atomic E-state index is 14.0. The number of alkyl halides is 3. The lowest BCUT2D eigenvalue weighted by Gasteiger charge is -2.30. The number of rotatable bonds is 5. The molecule has 0 saturated carbocycles. The van der Waals surface area contributed by atoms with Crippen LogP contribution < -0.4 is 4.74 Å². The third kappa shape index (κ3) is 5.13. The monoisotopic (exact) mass is 544 g/mol. The predicted molar refractivity (Wildman–Crippen MR) is 137 cm³/mol. The number of amidine groups is 1. The number of piperidine rings is 1. The highest BCUT2D eigenvalue weighted by atomic mass is 32.2. The number of thioether (sulfide) groups is 1. The Morgan fingerprint density at radius 2 is 1.97 bits per heavy atom. The van der Waals surface area contributed by atoms with E-state index in [9.17, 15) is 27.9 Å². The number of nitrogens with one attached hydrogen (secondary N) is 1. The second-order valence-electron chi connectivity index (χ2n) is 9.08. The zero-order valence-corrected chi connectivity index (χ0v) is 21.0. The van der Waals surface area contributed by atoms with Crippen molar-refractivity contribution in [3.8, 4) is 5.75 Å². The number of carboxylic acid groups (broad SMARTS) is 1. The number of benzene rings is 2. The molecule has 12 heteroatoms. The van der Waals surface area contributed by atoms with Gasteiger partial charge in [0.1, 0.15) is 5.75 Å². The van der Waals surface area contributed by atoms with Gasteiger partial charge in [0.25, 0.3) is 5.91 Å². The number of ether oxygens (including phenoxy) is 1. The Bertz CT molecular complexity index is 1470. The van der Waals surface area contributed by atoms with Gasteiger partial charge in [-0.2, -0.15) is 23.3 Å². The molecule has 3 heterocycles. The number of aliphatic imine (C=N–C) groups is 1. The number of allylic oxidation sites excluding steroid dienone is 1. The topological polar surface area (TPSA) is 108 Å². The van der Waals surface area contributed by atoms with E-state index in [1.54, 1.807) is 24.4 Å². The highest BCUT2D eigenvalue weighted by Crippen LogP contribution is 2.41. The number of fused-ring (bicyclic) bond motifs is 1. The van der Waals surface area contributed by atoms with E-state index in [1.165, 1.54) is 19.2 Å². The molecule has 1 saturated heterocycles. The smallest absolute Gasteiger partial charge is 0.416 e. The normalized spacial score (nSPS) is 18.2. The number of hydrogen-bond acceptors (Lipinski definition) is 6. The minimum absolute atomic E-state index is 0.00258. The van der Waals surface area contributed by atoms with E-state index in [-0.39, 0.29) is 22.6 Å². The van der Waals surface area contributed by atoms with Crippen LogP contribution in [-0.2, 0) is 22.2 Å². The minimum Gasteiger partial charge on any atom is -0.497 e. The molecular formula is C26H23F3N4O4S. The Kier molecular flexibility index (Phi) is 6.91. The van der Waals surface area contributed by atoms with Crippen LogP contribution >= 0.6 is 11.8 Å². The van der Waals surface area contributed by atoms with E-state index in [0.717, 1.165) is 28.7 Å². The maximum absolute atomic E-state index is 14.0. The van der Waals surface area contributed by atoms with Crippen molar-refractivity contribution in [3.63, 3.8) is 0 Å². The van der Waals surface area contributed by atoms with Gasteiger partial charge in [-0.05, 0) is 72.0 Å². The molecule has 8 nitrogen and oxygen atoms in total. The van der Waals surface area contributed by atoms with Crippen LogP contribution in [0.2, 0.25) is 0 Å². The second-order valence-corrected chi connectivity index (χ2v) is 10.1. The Morgan fingerprint density at radius 3 is 2.66 bits per heavy atom. The van der Waals surface area contributed by atoms with Crippen molar-refractivity contribution in [1.29, 1.82) is 0 Å². The lowest BCUT2D eigenvalue weighted by molar-refractivity contribution is -0.143. The summed E-state index contributed by atoms with van der Waals surface area (Å²) < 4.78 is 47.0. The maximum Gasteiger partial charge on any atom is 0.416 e. The molecule has 0 unspecified atom stereocenters. The minimum atomic E-state index is -4.63. The fourth-order valence-electron chi connectivity index (χ4n) is 4.67. The highest BCUT2D eigenvalue weighted by Gasteiger charge is 2.36. The molecule has 3 aromatic rings. The highest BCUT2D eigenvalue weighted by molar-refractivity contribution is 8.18. The molecule has 1 fully saturated rings. The molecule has 2 aliphatic heterocycles. The number of aromatic amines is 1. The van der Waals surface area contributed by atoms with Crippen LogP contribution in [0.15, 0.2) is 52.5 Å². The average molecular weight is 545 g/mol. The molecule has 5 rings (SSSR count). The van der Waals surface area contributed by atoms with Crippen molar-refractivity contribution in [2.75, 3.05) is 20.2 Å². The van der Waals surface area contributed by atoms with E-state index in [2.05, 4.69) is 15.2 Å². The molecule has 2 aliphatic rings. The quantitative estimate of drug-likeness (QED) is 0.437. The summed E-state index contributed by atoms with van der Waals surface area (Å²) in [6, 6.07) is 9.06. The summed E-state index contributed by atoms with van der Waals surface area (Å²) in [5.41, 5.74) is 0.906. The predicted octanol–water partition coefficient (Wildman–Crippen LogP) is 4.97. The summed E-state index contributed by atoms with van der Waals surface area (Å²) in [5, 5.41) is 17.3. The van der Waals surface area contributed by atoms with Gasteiger partial charge >= 0.3 is 12.1 Å². The number of carboxylic acids is 1. The average Bonchev–Trinajstić information content (AvgIpc) is 3.52. The number of carbonyl (C=O) groups is 2. The summed E-state index contributed by atoms with van der Waals surface area (Å²) in [6.45, 7) is 0.854. The van der Waals surface area contributed by atoms with Crippen molar-refractivity contribution in [2.45, 2.75) is 25.4 Å². The number of carbonyl (C=O) groups excluding carboxylic acids is 1. The van der Waals surface area contributed by atoms with Crippen molar-refractivity contribution in [1.82, 2.24) is 15.1 Å². The Morgan fingerprint density at radius 1 is 1.21 bits per heavy atom. The first-order valence-corrected chi connectivity index (χ1v) is 12.6. The van der Waals surface area contributed by atoms with Gasteiger partial charge < -0.3 is 14.7 Å². The summed E-state index contributed by atoms with van der Waals surface area (Å²) in [5.74, 6) is -1.75. The van der Waals surface area contributed by atoms with Gasteiger partial charge in [-0.1, -0.05) is 12.1 Å². The Balaban J connectivity index is 1.54. The van der Waals surface area contributed by atoms with Crippen LogP contribution in [0.4, 0.5) is 13.2 Å². The molecule has 0 atom stereocenters. The molecular weight excluding hydrogens is 521 g/mol. The molecule has 1 amide bonds. The number of amides is 1. The van der Waals surface area contributed by atoms with Crippen molar-refractivity contribution in [2.24, 2.45) is 10.9 Å². The SMILES string of the molecule is COc1ccc(CC(=C2SC(N3CCC(C(=O)O)CC3)=NC2=O)c2ccc3[nH]ncc3c2)c(C(F)(F)F)c1. The molecule has 2 aromatic carbocycles. The van der Waals surface area contributed by atoms with Gasteiger partial charge in [0, 0.05) is 18.5 Å². The van der Waals surface area contributed by atoms with Gasteiger partial charge in [0.2, 0.25) is 0 Å². The number of aliphatic carboxylic acids is 1. The lowest BCUT2D eigenvalue weighted by atomic mass is 9.93. The van der Waals surface area contributed by atoms with Crippen LogP contribution in [0.25, 0.3) is 16.5 Å². The Labute approximate surface area is 219 Å². The molecule has 0 aliphatic carbocycles. The van der Waals surface area contributed by atoms with Gasteiger partial charge in [-0.25, -0.2) is 0 Å². The standard InChI is InChI=1S/C26H23F3N4O4S/c1-37-18-4-2-16(20(12-18)26(27,28)29)11-19(15-3-5-21-17(10-15)13-30-32-21)22-23(34)31-25(38-22)33-8-6-14(7-9-33)24(35)36/h2-5,10,12-14H,6-9,11H2,1H3,(H,30,32)(H,35,36). The van der Waals surface area contributed by atoms with E-state index in [0.29, 0.717) is 42.2 Å². The number of nitrogens with zero attached hydrogens (tertiary/aromatic N) is 3. The van der Waals surface area contributed by atoms with Gasteiger partial charge in [-0.15, -0.1) is 0 Å². The van der Waals surface area contributed by atoms with Crippen LogP contribution in [0.1, 0.15) is 29.5 Å². The first kappa shape index (κ1) is 25.8. The zero-order valence-electron chi connectivity index (χ0n) is 20.2. The van der Waals surface area contributed by atoms with Crippen LogP contribution in [0.3, 0.4) is 0 Å².